The van der Waals surface area contributed by atoms with Gasteiger partial charge >= 0.3 is 6.09 Å². The summed E-state index contributed by atoms with van der Waals surface area (Å²) in [7, 11) is 0. The van der Waals surface area contributed by atoms with E-state index in [9.17, 15) is 4.79 Å². The van der Waals surface area contributed by atoms with Crippen molar-refractivity contribution in [3.63, 3.8) is 0 Å². The summed E-state index contributed by atoms with van der Waals surface area (Å²) in [4.78, 5) is 20.9. The molecule has 0 fully saturated rings. The molecule has 2 rings (SSSR count). The molecule has 0 aromatic carbocycles. The topological polar surface area (TPSA) is 87.6 Å². The van der Waals surface area contributed by atoms with Crippen molar-refractivity contribution in [2.45, 2.75) is 39.3 Å². The molecule has 1 amide bonds. The first kappa shape index (κ1) is 14.4. The van der Waals surface area contributed by atoms with Crippen molar-refractivity contribution in [2.75, 3.05) is 18.5 Å². The maximum absolute atomic E-state index is 11.0. The van der Waals surface area contributed by atoms with Gasteiger partial charge in [-0.15, -0.1) is 0 Å². The van der Waals surface area contributed by atoms with Gasteiger partial charge in [0, 0.05) is 5.54 Å². The van der Waals surface area contributed by atoms with Gasteiger partial charge in [0.25, 0.3) is 0 Å². The smallest absolute Gasteiger partial charge is 0.407 e. The predicted octanol–water partition coefficient (Wildman–Crippen LogP) is 1.95. The summed E-state index contributed by atoms with van der Waals surface area (Å²) in [6.45, 7) is 7.05. The molecule has 0 atom stereocenters. The minimum atomic E-state index is -0.974. The van der Waals surface area contributed by atoms with Crippen LogP contribution in [0.4, 0.5) is 10.6 Å². The molecule has 0 bridgehead atoms. The Labute approximate surface area is 118 Å². The fourth-order valence-corrected chi connectivity index (χ4v) is 1.79. The largest absolute Gasteiger partial charge is 0.474 e. The average Bonchev–Trinajstić information content (AvgIpc) is 2.60. The van der Waals surface area contributed by atoms with Gasteiger partial charge in [0.1, 0.15) is 18.1 Å². The van der Waals surface area contributed by atoms with E-state index in [1.165, 1.54) is 4.90 Å². The third-order valence-electron chi connectivity index (χ3n) is 3.37. The van der Waals surface area contributed by atoms with Crippen molar-refractivity contribution in [1.29, 1.82) is 0 Å². The molecule has 1 aromatic heterocycles. The minimum Gasteiger partial charge on any atom is -0.474 e. The van der Waals surface area contributed by atoms with Crippen molar-refractivity contribution < 1.29 is 14.6 Å². The number of nitrogens with zero attached hydrogens (tertiary/aromatic N) is 3. The Kier molecular flexibility index (Phi) is 3.96. The second-order valence-corrected chi connectivity index (χ2v) is 5.42. The van der Waals surface area contributed by atoms with Crippen molar-refractivity contribution in [3.05, 3.63) is 11.9 Å². The number of nitrogens with one attached hydrogen (secondary N) is 1. The van der Waals surface area contributed by atoms with Gasteiger partial charge in [-0.05, 0) is 20.3 Å². The molecule has 0 saturated carbocycles. The number of carbonyl (C=O) groups is 1. The summed E-state index contributed by atoms with van der Waals surface area (Å²) in [6, 6.07) is 0. The Morgan fingerprint density at radius 3 is 3.00 bits per heavy atom. The van der Waals surface area contributed by atoms with Crippen LogP contribution in [-0.2, 0) is 6.54 Å². The molecule has 0 spiro atoms. The molecular formula is C13H20N4O3. The zero-order valence-electron chi connectivity index (χ0n) is 12.0. The molecule has 0 radical (unpaired) electrons. The van der Waals surface area contributed by atoms with Gasteiger partial charge in [0.05, 0.1) is 19.3 Å². The maximum atomic E-state index is 11.0. The van der Waals surface area contributed by atoms with Crippen LogP contribution in [0, 0.1) is 0 Å². The number of rotatable bonds is 3. The van der Waals surface area contributed by atoms with Gasteiger partial charge in [-0.1, -0.05) is 6.92 Å². The second kappa shape index (κ2) is 5.52. The third-order valence-corrected chi connectivity index (χ3v) is 3.37. The minimum absolute atomic E-state index is 0.0826. The molecule has 1 aliphatic rings. The molecule has 1 aliphatic heterocycles. The van der Waals surface area contributed by atoms with Crippen LogP contribution in [0.25, 0.3) is 0 Å². The highest BCUT2D eigenvalue weighted by Gasteiger charge is 2.22. The average molecular weight is 280 g/mol. The second-order valence-electron chi connectivity index (χ2n) is 5.42. The Morgan fingerprint density at radius 2 is 2.35 bits per heavy atom. The van der Waals surface area contributed by atoms with Crippen molar-refractivity contribution in [1.82, 2.24) is 14.9 Å². The number of carboxylic acid groups (broad SMARTS) is 1. The lowest BCUT2D eigenvalue weighted by Gasteiger charge is -2.25. The molecule has 0 aliphatic carbocycles. The highest BCUT2D eigenvalue weighted by atomic mass is 16.5. The van der Waals surface area contributed by atoms with E-state index in [2.05, 4.69) is 36.1 Å². The molecule has 1 aromatic rings. The zero-order chi connectivity index (χ0) is 14.8. The van der Waals surface area contributed by atoms with E-state index < -0.39 is 6.09 Å². The predicted molar refractivity (Wildman–Crippen MR) is 74.0 cm³/mol. The summed E-state index contributed by atoms with van der Waals surface area (Å²) in [5.74, 6) is 1.05. The van der Waals surface area contributed by atoms with Crippen LogP contribution in [0.3, 0.4) is 0 Å². The van der Waals surface area contributed by atoms with Crippen LogP contribution in [-0.4, -0.2) is 44.8 Å². The first-order valence-electron chi connectivity index (χ1n) is 6.66. The Balaban J connectivity index is 2.20. The Morgan fingerprint density at radius 1 is 1.60 bits per heavy atom. The molecular weight excluding hydrogens is 260 g/mol. The van der Waals surface area contributed by atoms with E-state index in [1.807, 2.05) is 0 Å². The molecule has 7 heteroatoms. The molecule has 0 unspecified atom stereocenters. The van der Waals surface area contributed by atoms with Gasteiger partial charge in [-0.3, -0.25) is 4.90 Å². The first-order chi connectivity index (χ1) is 9.41. The fourth-order valence-electron chi connectivity index (χ4n) is 1.79. The van der Waals surface area contributed by atoms with E-state index in [1.54, 1.807) is 6.20 Å². The first-order valence-corrected chi connectivity index (χ1v) is 6.66. The lowest BCUT2D eigenvalue weighted by atomic mass is 10.0. The number of ether oxygens (including phenoxy) is 1. The third kappa shape index (κ3) is 3.28. The van der Waals surface area contributed by atoms with Gasteiger partial charge in [-0.2, -0.15) is 4.98 Å². The van der Waals surface area contributed by atoms with Crippen LogP contribution in [0.15, 0.2) is 6.20 Å². The van der Waals surface area contributed by atoms with Gasteiger partial charge < -0.3 is 15.2 Å². The fraction of sp³-hybridized carbons (Fsp3) is 0.615. The van der Waals surface area contributed by atoms with Gasteiger partial charge in [0.15, 0.2) is 0 Å². The highest BCUT2D eigenvalue weighted by Crippen LogP contribution is 2.23. The van der Waals surface area contributed by atoms with Crippen LogP contribution < -0.4 is 10.1 Å². The monoisotopic (exact) mass is 280 g/mol. The summed E-state index contributed by atoms with van der Waals surface area (Å²) >= 11 is 0. The molecule has 20 heavy (non-hydrogen) atoms. The summed E-state index contributed by atoms with van der Waals surface area (Å²) in [5, 5.41) is 12.3. The van der Waals surface area contributed by atoms with Crippen molar-refractivity contribution in [2.24, 2.45) is 0 Å². The lowest BCUT2D eigenvalue weighted by Crippen LogP contribution is -2.31. The maximum Gasteiger partial charge on any atom is 0.407 e. The molecule has 2 heterocycles. The normalized spacial score (nSPS) is 15.1. The van der Waals surface area contributed by atoms with E-state index in [0.29, 0.717) is 23.9 Å². The van der Waals surface area contributed by atoms with Crippen LogP contribution >= 0.6 is 0 Å². The summed E-state index contributed by atoms with van der Waals surface area (Å²) in [6.07, 6.45) is 1.59. The number of anilines is 1. The number of fused-ring (bicyclic) bond motifs is 1. The van der Waals surface area contributed by atoms with E-state index in [-0.39, 0.29) is 18.7 Å². The van der Waals surface area contributed by atoms with E-state index in [0.717, 1.165) is 6.42 Å². The number of hydrogen-bond acceptors (Lipinski definition) is 5. The van der Waals surface area contributed by atoms with Crippen LogP contribution in [0.5, 0.6) is 5.88 Å². The summed E-state index contributed by atoms with van der Waals surface area (Å²) in [5.41, 5.74) is 0.463. The SMILES string of the molecule is CCC(C)(C)Nc1cnc2c(n1)OCCN(C(=O)O)C2. The van der Waals surface area contributed by atoms with Gasteiger partial charge in [0.2, 0.25) is 5.88 Å². The van der Waals surface area contributed by atoms with Crippen molar-refractivity contribution in [3.8, 4) is 5.88 Å². The number of amides is 1. The standard InChI is InChI=1S/C13H20N4O3/c1-4-13(2,3)16-10-7-14-9-8-17(12(18)19)5-6-20-11(9)15-10/h7H,4-6,8H2,1-3H3,(H,15,16)(H,18,19). The summed E-state index contributed by atoms with van der Waals surface area (Å²) < 4.78 is 5.50. The molecule has 7 nitrogen and oxygen atoms in total. The number of aromatic nitrogens is 2. The van der Waals surface area contributed by atoms with E-state index in [4.69, 9.17) is 9.84 Å². The number of hydrogen-bond donors (Lipinski definition) is 2. The Hall–Kier alpha value is -2.05. The van der Waals surface area contributed by atoms with Crippen LogP contribution in [0.1, 0.15) is 32.9 Å². The Bertz CT molecular complexity index is 504. The highest BCUT2D eigenvalue weighted by molar-refractivity contribution is 5.65. The molecule has 110 valence electrons. The van der Waals surface area contributed by atoms with Crippen molar-refractivity contribution >= 4 is 11.9 Å². The van der Waals surface area contributed by atoms with Gasteiger partial charge in [-0.25, -0.2) is 9.78 Å². The quantitative estimate of drug-likeness (QED) is 0.880. The molecule has 2 N–H and O–H groups in total. The molecule has 0 saturated heterocycles. The lowest BCUT2D eigenvalue weighted by molar-refractivity contribution is 0.137. The van der Waals surface area contributed by atoms with E-state index >= 15 is 0 Å². The zero-order valence-corrected chi connectivity index (χ0v) is 12.0. The van der Waals surface area contributed by atoms with Crippen LogP contribution in [0.2, 0.25) is 0 Å².